The van der Waals surface area contributed by atoms with E-state index in [0.29, 0.717) is 6.10 Å². The summed E-state index contributed by atoms with van der Waals surface area (Å²) in [6, 6.07) is 0. The van der Waals surface area contributed by atoms with Crippen LogP contribution in [0, 0.1) is 0 Å². The van der Waals surface area contributed by atoms with E-state index in [1.165, 1.54) is 12.8 Å². The smallest absolute Gasteiger partial charge is 0.0613 e. The Balaban J connectivity index is 1.73. The third-order valence-electron chi connectivity index (χ3n) is 3.31. The summed E-state index contributed by atoms with van der Waals surface area (Å²) in [5.41, 5.74) is 1.13. The second-order valence-electron chi connectivity index (χ2n) is 4.69. The van der Waals surface area contributed by atoms with Crippen LogP contribution in [0.15, 0.2) is 12.4 Å². The van der Waals surface area contributed by atoms with Crippen molar-refractivity contribution >= 4 is 11.6 Å². The summed E-state index contributed by atoms with van der Waals surface area (Å²) in [6.45, 7) is 4.00. The first kappa shape index (κ1) is 12.9. The molecule has 0 spiro atoms. The average Bonchev–Trinajstić information content (AvgIpc) is 2.99. The molecule has 0 N–H and O–H groups in total. The van der Waals surface area contributed by atoms with Gasteiger partial charge in [-0.1, -0.05) is 6.92 Å². The molecule has 3 nitrogen and oxygen atoms in total. The van der Waals surface area contributed by atoms with Gasteiger partial charge in [-0.2, -0.15) is 5.10 Å². The molecular weight excluding hydrogens is 236 g/mol. The second-order valence-corrected chi connectivity index (χ2v) is 5.22. The molecule has 2 rings (SSSR count). The molecule has 17 heavy (non-hydrogen) atoms. The Morgan fingerprint density at radius 2 is 2.53 bits per heavy atom. The zero-order valence-electron chi connectivity index (χ0n) is 10.4. The highest BCUT2D eigenvalue weighted by Crippen LogP contribution is 2.23. The van der Waals surface area contributed by atoms with Crippen molar-refractivity contribution < 1.29 is 4.74 Å². The van der Waals surface area contributed by atoms with Gasteiger partial charge >= 0.3 is 0 Å². The quantitative estimate of drug-likeness (QED) is 0.728. The predicted molar refractivity (Wildman–Crippen MR) is 69.3 cm³/mol. The molecule has 4 heteroatoms. The molecule has 2 atom stereocenters. The molecule has 2 heterocycles. The molecule has 0 bridgehead atoms. The molecule has 0 saturated carbocycles. The van der Waals surface area contributed by atoms with E-state index in [4.69, 9.17) is 16.3 Å². The first-order valence-electron chi connectivity index (χ1n) is 6.57. The van der Waals surface area contributed by atoms with Crippen molar-refractivity contribution in [3.63, 3.8) is 0 Å². The molecule has 0 radical (unpaired) electrons. The Morgan fingerprint density at radius 3 is 3.24 bits per heavy atom. The van der Waals surface area contributed by atoms with Gasteiger partial charge in [0, 0.05) is 24.9 Å². The van der Waals surface area contributed by atoms with Crippen LogP contribution in [0.3, 0.4) is 0 Å². The molecule has 1 aromatic heterocycles. The minimum atomic E-state index is 0.0990. The molecule has 0 amide bonds. The molecule has 96 valence electrons. The standard InChI is InChI=1S/C13H21ClN2O/c1-2-13(14)11-9-15-16(10-11)7-3-5-12-6-4-8-17-12/h9-10,12-13H,2-8H2,1H3. The maximum absolute atomic E-state index is 6.17. The van der Waals surface area contributed by atoms with Crippen molar-refractivity contribution in [3.05, 3.63) is 18.0 Å². The lowest BCUT2D eigenvalue weighted by atomic mass is 10.1. The van der Waals surface area contributed by atoms with Crippen LogP contribution in [0.5, 0.6) is 0 Å². The van der Waals surface area contributed by atoms with Crippen LogP contribution in [0.1, 0.15) is 50.0 Å². The lowest BCUT2D eigenvalue weighted by molar-refractivity contribution is 0.101. The van der Waals surface area contributed by atoms with E-state index in [1.807, 2.05) is 10.9 Å². The van der Waals surface area contributed by atoms with Gasteiger partial charge in [-0.15, -0.1) is 11.6 Å². The van der Waals surface area contributed by atoms with Gasteiger partial charge in [0.25, 0.3) is 0 Å². The van der Waals surface area contributed by atoms with Crippen molar-refractivity contribution in [2.45, 2.75) is 57.1 Å². The number of hydrogen-bond donors (Lipinski definition) is 0. The molecule has 2 unspecified atom stereocenters. The molecule has 1 saturated heterocycles. The van der Waals surface area contributed by atoms with E-state index in [2.05, 4.69) is 18.2 Å². The van der Waals surface area contributed by atoms with Gasteiger partial charge < -0.3 is 4.74 Å². The van der Waals surface area contributed by atoms with Crippen LogP contribution in [0.2, 0.25) is 0 Å². The van der Waals surface area contributed by atoms with Gasteiger partial charge in [0.05, 0.1) is 17.7 Å². The van der Waals surface area contributed by atoms with Gasteiger partial charge in [-0.05, 0) is 32.1 Å². The zero-order chi connectivity index (χ0) is 12.1. The van der Waals surface area contributed by atoms with E-state index in [0.717, 1.165) is 38.0 Å². The third-order valence-corrected chi connectivity index (χ3v) is 3.87. The molecule has 0 aliphatic carbocycles. The predicted octanol–water partition coefficient (Wildman–Crippen LogP) is 3.53. The number of halogens is 1. The SMILES string of the molecule is CCC(Cl)c1cnn(CCCC2CCCO2)c1. The summed E-state index contributed by atoms with van der Waals surface area (Å²) in [5.74, 6) is 0. The van der Waals surface area contributed by atoms with E-state index in [9.17, 15) is 0 Å². The number of aryl methyl sites for hydroxylation is 1. The van der Waals surface area contributed by atoms with Gasteiger partial charge in [-0.25, -0.2) is 0 Å². The zero-order valence-corrected chi connectivity index (χ0v) is 11.2. The van der Waals surface area contributed by atoms with Crippen LogP contribution in [-0.4, -0.2) is 22.5 Å². The number of alkyl halides is 1. The Labute approximate surface area is 108 Å². The summed E-state index contributed by atoms with van der Waals surface area (Å²) in [5, 5.41) is 4.44. The Morgan fingerprint density at radius 1 is 1.65 bits per heavy atom. The fourth-order valence-corrected chi connectivity index (χ4v) is 2.36. The topological polar surface area (TPSA) is 27.1 Å². The fourth-order valence-electron chi connectivity index (χ4n) is 2.25. The van der Waals surface area contributed by atoms with Crippen molar-refractivity contribution in [1.29, 1.82) is 0 Å². The monoisotopic (exact) mass is 256 g/mol. The summed E-state index contributed by atoms with van der Waals surface area (Å²) in [4.78, 5) is 0. The number of aromatic nitrogens is 2. The molecule has 1 aliphatic rings. The van der Waals surface area contributed by atoms with Crippen molar-refractivity contribution in [2.75, 3.05) is 6.61 Å². The fraction of sp³-hybridized carbons (Fsp3) is 0.769. The van der Waals surface area contributed by atoms with Gasteiger partial charge in [0.1, 0.15) is 0 Å². The van der Waals surface area contributed by atoms with E-state index >= 15 is 0 Å². The Kier molecular flexibility index (Phi) is 4.86. The molecule has 1 aromatic rings. The minimum Gasteiger partial charge on any atom is -0.378 e. The van der Waals surface area contributed by atoms with Gasteiger partial charge in [0.15, 0.2) is 0 Å². The number of nitrogens with zero attached hydrogens (tertiary/aromatic N) is 2. The highest BCUT2D eigenvalue weighted by atomic mass is 35.5. The van der Waals surface area contributed by atoms with Crippen molar-refractivity contribution in [1.82, 2.24) is 9.78 Å². The maximum atomic E-state index is 6.17. The number of rotatable bonds is 6. The average molecular weight is 257 g/mol. The Bertz CT molecular complexity index is 334. The number of hydrogen-bond acceptors (Lipinski definition) is 2. The third kappa shape index (κ3) is 3.71. The first-order valence-corrected chi connectivity index (χ1v) is 7.01. The summed E-state index contributed by atoms with van der Waals surface area (Å²) >= 11 is 6.17. The molecule has 0 aromatic carbocycles. The van der Waals surface area contributed by atoms with Crippen LogP contribution in [-0.2, 0) is 11.3 Å². The number of ether oxygens (including phenoxy) is 1. The first-order chi connectivity index (χ1) is 8.29. The molecule has 1 aliphatic heterocycles. The van der Waals surface area contributed by atoms with E-state index in [1.54, 1.807) is 0 Å². The Hall–Kier alpha value is -0.540. The minimum absolute atomic E-state index is 0.0990. The lowest BCUT2D eigenvalue weighted by Gasteiger charge is -2.08. The highest BCUT2D eigenvalue weighted by Gasteiger charge is 2.14. The summed E-state index contributed by atoms with van der Waals surface area (Å²) in [7, 11) is 0. The van der Waals surface area contributed by atoms with E-state index in [-0.39, 0.29) is 5.38 Å². The molecule has 1 fully saturated rings. The van der Waals surface area contributed by atoms with Crippen molar-refractivity contribution in [3.8, 4) is 0 Å². The lowest BCUT2D eigenvalue weighted by Crippen LogP contribution is -2.07. The summed E-state index contributed by atoms with van der Waals surface area (Å²) < 4.78 is 7.60. The molecular formula is C13H21ClN2O. The highest BCUT2D eigenvalue weighted by molar-refractivity contribution is 6.20. The van der Waals surface area contributed by atoms with Crippen LogP contribution >= 0.6 is 11.6 Å². The van der Waals surface area contributed by atoms with E-state index < -0.39 is 0 Å². The summed E-state index contributed by atoms with van der Waals surface area (Å²) in [6.07, 6.45) is 10.1. The largest absolute Gasteiger partial charge is 0.378 e. The van der Waals surface area contributed by atoms with Crippen LogP contribution in [0.25, 0.3) is 0 Å². The maximum Gasteiger partial charge on any atom is 0.0613 e. The van der Waals surface area contributed by atoms with Gasteiger partial charge in [-0.3, -0.25) is 4.68 Å². The van der Waals surface area contributed by atoms with Crippen LogP contribution < -0.4 is 0 Å². The van der Waals surface area contributed by atoms with Crippen molar-refractivity contribution in [2.24, 2.45) is 0 Å². The van der Waals surface area contributed by atoms with Crippen LogP contribution in [0.4, 0.5) is 0 Å². The normalized spacial score (nSPS) is 21.9. The second kappa shape index (κ2) is 6.41. The van der Waals surface area contributed by atoms with Gasteiger partial charge in [0.2, 0.25) is 0 Å².